The van der Waals surface area contributed by atoms with Crippen LogP contribution in [-0.2, 0) is 10.0 Å². The standard InChI is InChI=1S/C23H24FN3O3S/c1-15-13-21(20-14-16(24)7-12-22(20)25-15)23(28)26-17-8-10-19(11-9-17)31(29,30)27-18-5-3-2-4-6-18/h7-14,18,27H,2-6H2,1H3,(H,26,28). The van der Waals surface area contributed by atoms with Crippen molar-refractivity contribution in [2.75, 3.05) is 5.32 Å². The molecule has 1 aliphatic carbocycles. The lowest BCUT2D eigenvalue weighted by Gasteiger charge is -2.22. The molecule has 1 heterocycles. The summed E-state index contributed by atoms with van der Waals surface area (Å²) in [6, 6.07) is 11.7. The lowest BCUT2D eigenvalue weighted by molar-refractivity contribution is 0.102. The molecular weight excluding hydrogens is 417 g/mol. The highest BCUT2D eigenvalue weighted by molar-refractivity contribution is 7.89. The molecule has 0 spiro atoms. The van der Waals surface area contributed by atoms with E-state index in [0.29, 0.717) is 27.8 Å². The summed E-state index contributed by atoms with van der Waals surface area (Å²) in [5.41, 5.74) is 1.92. The first-order chi connectivity index (χ1) is 14.8. The summed E-state index contributed by atoms with van der Waals surface area (Å²) in [5.74, 6) is -0.871. The number of benzene rings is 2. The molecule has 31 heavy (non-hydrogen) atoms. The number of halogens is 1. The van der Waals surface area contributed by atoms with Crippen LogP contribution in [0.4, 0.5) is 10.1 Å². The lowest BCUT2D eigenvalue weighted by atomic mass is 9.96. The van der Waals surface area contributed by atoms with Gasteiger partial charge in [0.1, 0.15) is 5.82 Å². The first kappa shape index (κ1) is 21.4. The van der Waals surface area contributed by atoms with E-state index >= 15 is 0 Å². The van der Waals surface area contributed by atoms with Crippen molar-refractivity contribution in [2.45, 2.75) is 50.0 Å². The molecule has 0 bridgehead atoms. The molecule has 0 atom stereocenters. The summed E-state index contributed by atoms with van der Waals surface area (Å²) in [6.07, 6.45) is 4.92. The molecule has 2 aromatic carbocycles. The van der Waals surface area contributed by atoms with E-state index < -0.39 is 21.7 Å². The fourth-order valence-electron chi connectivity index (χ4n) is 3.94. The van der Waals surface area contributed by atoms with Crippen molar-refractivity contribution >= 4 is 32.5 Å². The number of amides is 1. The summed E-state index contributed by atoms with van der Waals surface area (Å²) in [7, 11) is -3.61. The van der Waals surface area contributed by atoms with E-state index in [1.165, 1.54) is 30.3 Å². The van der Waals surface area contributed by atoms with E-state index in [1.807, 2.05) is 0 Å². The average Bonchev–Trinajstić information content (AvgIpc) is 2.74. The molecule has 1 amide bonds. The molecule has 0 aliphatic heterocycles. The molecule has 6 nitrogen and oxygen atoms in total. The number of nitrogens with zero attached hydrogens (tertiary/aromatic N) is 1. The van der Waals surface area contributed by atoms with Gasteiger partial charge in [-0.15, -0.1) is 0 Å². The summed E-state index contributed by atoms with van der Waals surface area (Å²) < 4.78 is 41.7. The summed E-state index contributed by atoms with van der Waals surface area (Å²) in [6.45, 7) is 1.76. The van der Waals surface area contributed by atoms with Gasteiger partial charge in [-0.25, -0.2) is 17.5 Å². The van der Waals surface area contributed by atoms with Gasteiger partial charge in [-0.1, -0.05) is 19.3 Å². The average molecular weight is 442 g/mol. The largest absolute Gasteiger partial charge is 0.322 e. The number of carbonyl (C=O) groups excluding carboxylic acids is 1. The molecule has 1 saturated carbocycles. The molecule has 1 fully saturated rings. The molecule has 4 rings (SSSR count). The van der Waals surface area contributed by atoms with Crippen LogP contribution < -0.4 is 10.0 Å². The van der Waals surface area contributed by atoms with Gasteiger partial charge in [-0.3, -0.25) is 9.78 Å². The van der Waals surface area contributed by atoms with Gasteiger partial charge in [-0.2, -0.15) is 0 Å². The number of rotatable bonds is 5. The second-order valence-corrected chi connectivity index (χ2v) is 9.62. The third-order valence-corrected chi connectivity index (χ3v) is 7.03. The molecule has 0 unspecified atom stereocenters. The predicted molar refractivity (Wildman–Crippen MR) is 118 cm³/mol. The van der Waals surface area contributed by atoms with Crippen LogP contribution in [0.5, 0.6) is 0 Å². The Labute approximate surface area is 180 Å². The summed E-state index contributed by atoms with van der Waals surface area (Å²) >= 11 is 0. The van der Waals surface area contributed by atoms with Gasteiger partial charge in [0.15, 0.2) is 0 Å². The number of fused-ring (bicyclic) bond motifs is 1. The fraction of sp³-hybridized carbons (Fsp3) is 0.304. The molecule has 1 aliphatic rings. The predicted octanol–water partition coefficient (Wildman–Crippen LogP) is 4.55. The topological polar surface area (TPSA) is 88.2 Å². The molecular formula is C23H24FN3O3S. The Morgan fingerprint density at radius 3 is 2.45 bits per heavy atom. The van der Waals surface area contributed by atoms with Gasteiger partial charge in [-0.05, 0) is 68.3 Å². The second-order valence-electron chi connectivity index (χ2n) is 7.91. The minimum Gasteiger partial charge on any atom is -0.322 e. The summed E-state index contributed by atoms with van der Waals surface area (Å²) in [5, 5.41) is 3.17. The van der Waals surface area contributed by atoms with Gasteiger partial charge in [0.05, 0.1) is 16.0 Å². The Hall–Kier alpha value is -2.84. The van der Waals surface area contributed by atoms with Gasteiger partial charge < -0.3 is 5.32 Å². The zero-order valence-corrected chi connectivity index (χ0v) is 18.0. The number of nitrogens with one attached hydrogen (secondary N) is 2. The Balaban J connectivity index is 1.52. The van der Waals surface area contributed by atoms with Crippen LogP contribution >= 0.6 is 0 Å². The van der Waals surface area contributed by atoms with Crippen LogP contribution in [-0.4, -0.2) is 25.4 Å². The number of hydrogen-bond donors (Lipinski definition) is 2. The third kappa shape index (κ3) is 4.91. The van der Waals surface area contributed by atoms with Gasteiger partial charge in [0.2, 0.25) is 10.0 Å². The zero-order valence-electron chi connectivity index (χ0n) is 17.2. The molecule has 8 heteroatoms. The van der Waals surface area contributed by atoms with Crippen LogP contribution in [0.2, 0.25) is 0 Å². The first-order valence-corrected chi connectivity index (χ1v) is 11.8. The molecule has 162 valence electrons. The zero-order chi connectivity index (χ0) is 22.0. The van der Waals surface area contributed by atoms with Crippen molar-refractivity contribution in [3.05, 3.63) is 65.6 Å². The Kier molecular flexibility index (Phi) is 6.02. The van der Waals surface area contributed by atoms with Crippen molar-refractivity contribution in [2.24, 2.45) is 0 Å². The number of sulfonamides is 1. The molecule has 2 N–H and O–H groups in total. The fourth-order valence-corrected chi connectivity index (χ4v) is 5.25. The smallest absolute Gasteiger partial charge is 0.256 e. The van der Waals surface area contributed by atoms with Crippen LogP contribution in [0.15, 0.2) is 53.4 Å². The number of anilines is 1. The number of carbonyl (C=O) groups is 1. The number of aromatic nitrogens is 1. The monoisotopic (exact) mass is 441 g/mol. The third-order valence-electron chi connectivity index (χ3n) is 5.49. The van der Waals surface area contributed by atoms with Crippen LogP contribution in [0.3, 0.4) is 0 Å². The molecule has 1 aromatic heterocycles. The summed E-state index contributed by atoms with van der Waals surface area (Å²) in [4.78, 5) is 17.3. The van der Waals surface area contributed by atoms with Crippen molar-refractivity contribution in [1.82, 2.24) is 9.71 Å². The quantitative estimate of drug-likeness (QED) is 0.608. The maximum Gasteiger partial charge on any atom is 0.256 e. The Morgan fingerprint density at radius 1 is 1.03 bits per heavy atom. The van der Waals surface area contributed by atoms with E-state index in [0.717, 1.165) is 32.1 Å². The van der Waals surface area contributed by atoms with E-state index in [2.05, 4.69) is 15.0 Å². The number of pyridine rings is 1. The second kappa shape index (κ2) is 8.72. The van der Waals surface area contributed by atoms with Crippen LogP contribution in [0.1, 0.15) is 48.2 Å². The van der Waals surface area contributed by atoms with Crippen molar-refractivity contribution in [1.29, 1.82) is 0 Å². The Morgan fingerprint density at radius 2 is 1.74 bits per heavy atom. The van der Waals surface area contributed by atoms with Gasteiger partial charge in [0.25, 0.3) is 5.91 Å². The Bertz CT molecular complexity index is 1220. The highest BCUT2D eigenvalue weighted by Crippen LogP contribution is 2.23. The normalized spacial score (nSPS) is 15.2. The number of hydrogen-bond acceptors (Lipinski definition) is 4. The van der Waals surface area contributed by atoms with Crippen molar-refractivity contribution in [3.8, 4) is 0 Å². The van der Waals surface area contributed by atoms with E-state index in [-0.39, 0.29) is 10.9 Å². The first-order valence-electron chi connectivity index (χ1n) is 10.3. The highest BCUT2D eigenvalue weighted by Gasteiger charge is 2.22. The molecule has 0 saturated heterocycles. The van der Waals surface area contributed by atoms with Gasteiger partial charge >= 0.3 is 0 Å². The van der Waals surface area contributed by atoms with Crippen LogP contribution in [0.25, 0.3) is 10.9 Å². The minimum atomic E-state index is -3.61. The maximum absolute atomic E-state index is 13.7. The SMILES string of the molecule is Cc1cc(C(=O)Nc2ccc(S(=O)(=O)NC3CCCCC3)cc2)c2cc(F)ccc2n1. The van der Waals surface area contributed by atoms with E-state index in [4.69, 9.17) is 0 Å². The van der Waals surface area contributed by atoms with E-state index in [1.54, 1.807) is 25.1 Å². The van der Waals surface area contributed by atoms with E-state index in [9.17, 15) is 17.6 Å². The lowest BCUT2D eigenvalue weighted by Crippen LogP contribution is -2.36. The van der Waals surface area contributed by atoms with Crippen molar-refractivity contribution in [3.63, 3.8) is 0 Å². The van der Waals surface area contributed by atoms with Gasteiger partial charge in [0, 0.05) is 22.8 Å². The van der Waals surface area contributed by atoms with Crippen molar-refractivity contribution < 1.29 is 17.6 Å². The van der Waals surface area contributed by atoms with Crippen LogP contribution in [0, 0.1) is 12.7 Å². The molecule has 3 aromatic rings. The number of aryl methyl sites for hydroxylation is 1. The highest BCUT2D eigenvalue weighted by atomic mass is 32.2. The maximum atomic E-state index is 13.7. The minimum absolute atomic E-state index is 0.0262. The molecule has 0 radical (unpaired) electrons.